The second-order valence-corrected chi connectivity index (χ2v) is 5.50. The van der Waals surface area contributed by atoms with E-state index in [0.29, 0.717) is 6.04 Å². The highest BCUT2D eigenvalue weighted by atomic mass is 16.3. The van der Waals surface area contributed by atoms with Crippen molar-refractivity contribution in [1.29, 1.82) is 0 Å². The van der Waals surface area contributed by atoms with Crippen molar-refractivity contribution in [2.75, 3.05) is 20.1 Å². The van der Waals surface area contributed by atoms with Gasteiger partial charge in [0.05, 0.1) is 6.54 Å². The van der Waals surface area contributed by atoms with Gasteiger partial charge in [0.25, 0.3) is 0 Å². The molecule has 2 heterocycles. The van der Waals surface area contributed by atoms with Crippen molar-refractivity contribution in [1.82, 2.24) is 10.2 Å². The molecule has 3 nitrogen and oxygen atoms in total. The summed E-state index contributed by atoms with van der Waals surface area (Å²) in [5.74, 6) is 1.07. The number of nitrogens with zero attached hydrogens (tertiary/aromatic N) is 1. The van der Waals surface area contributed by atoms with E-state index in [0.717, 1.165) is 31.0 Å². The Balaban J connectivity index is 1.69. The summed E-state index contributed by atoms with van der Waals surface area (Å²) in [6, 6.07) is 11.1. The number of rotatable bonds is 3. The van der Waals surface area contributed by atoms with Gasteiger partial charge in [0.15, 0.2) is 0 Å². The Bertz CT molecular complexity index is 493. The van der Waals surface area contributed by atoms with Crippen LogP contribution in [0.2, 0.25) is 0 Å². The Morgan fingerprint density at radius 2 is 2.16 bits per heavy atom. The average molecular weight is 258 g/mol. The summed E-state index contributed by atoms with van der Waals surface area (Å²) in [6.45, 7) is 3.20. The molecule has 19 heavy (non-hydrogen) atoms. The quantitative estimate of drug-likeness (QED) is 0.917. The van der Waals surface area contributed by atoms with Gasteiger partial charge in [-0.25, -0.2) is 0 Å². The van der Waals surface area contributed by atoms with Gasteiger partial charge >= 0.3 is 0 Å². The Morgan fingerprint density at radius 1 is 1.26 bits per heavy atom. The summed E-state index contributed by atoms with van der Waals surface area (Å²) in [5.41, 5.74) is 0.994. The van der Waals surface area contributed by atoms with Gasteiger partial charge in [0.2, 0.25) is 0 Å². The largest absolute Gasteiger partial charge is 0.460 e. The van der Waals surface area contributed by atoms with E-state index in [1.807, 2.05) is 12.1 Å². The van der Waals surface area contributed by atoms with Crippen LogP contribution in [0.5, 0.6) is 0 Å². The zero-order chi connectivity index (χ0) is 13.1. The van der Waals surface area contributed by atoms with Crippen molar-refractivity contribution < 1.29 is 4.42 Å². The molecule has 1 aromatic carbocycles. The van der Waals surface area contributed by atoms with Gasteiger partial charge in [-0.3, -0.25) is 4.90 Å². The lowest BCUT2D eigenvalue weighted by Crippen LogP contribution is -2.31. The Hall–Kier alpha value is -1.32. The summed E-state index contributed by atoms with van der Waals surface area (Å²) < 4.78 is 5.90. The van der Waals surface area contributed by atoms with Crippen molar-refractivity contribution in [3.63, 3.8) is 0 Å². The zero-order valence-corrected chi connectivity index (χ0v) is 11.6. The highest BCUT2D eigenvalue weighted by molar-refractivity contribution is 5.77. The van der Waals surface area contributed by atoms with Crippen molar-refractivity contribution in [3.05, 3.63) is 36.1 Å². The van der Waals surface area contributed by atoms with E-state index < -0.39 is 0 Å². The Labute approximate surface area is 114 Å². The topological polar surface area (TPSA) is 28.4 Å². The minimum absolute atomic E-state index is 0.670. The van der Waals surface area contributed by atoms with Gasteiger partial charge in [-0.15, -0.1) is 0 Å². The molecule has 3 heteroatoms. The molecular weight excluding hydrogens is 236 g/mol. The van der Waals surface area contributed by atoms with Crippen LogP contribution in [0.25, 0.3) is 11.0 Å². The zero-order valence-electron chi connectivity index (χ0n) is 11.6. The van der Waals surface area contributed by atoms with Crippen LogP contribution < -0.4 is 5.32 Å². The molecule has 0 spiro atoms. The molecule has 1 atom stereocenters. The number of hydrogen-bond acceptors (Lipinski definition) is 3. The highest BCUT2D eigenvalue weighted by Crippen LogP contribution is 2.21. The molecule has 0 bridgehead atoms. The van der Waals surface area contributed by atoms with Gasteiger partial charge in [0, 0.05) is 11.4 Å². The molecule has 1 aliphatic rings. The first-order valence-corrected chi connectivity index (χ1v) is 7.21. The van der Waals surface area contributed by atoms with E-state index in [1.54, 1.807) is 0 Å². The van der Waals surface area contributed by atoms with E-state index in [1.165, 1.54) is 24.6 Å². The first-order chi connectivity index (χ1) is 9.33. The maximum Gasteiger partial charge on any atom is 0.134 e. The van der Waals surface area contributed by atoms with E-state index in [9.17, 15) is 0 Å². The average Bonchev–Trinajstić information content (AvgIpc) is 2.63. The highest BCUT2D eigenvalue weighted by Gasteiger charge is 2.17. The van der Waals surface area contributed by atoms with Crippen LogP contribution >= 0.6 is 0 Å². The monoisotopic (exact) mass is 258 g/mol. The first kappa shape index (κ1) is 12.7. The minimum Gasteiger partial charge on any atom is -0.460 e. The van der Waals surface area contributed by atoms with Crippen molar-refractivity contribution in [2.24, 2.45) is 0 Å². The maximum atomic E-state index is 5.90. The molecule has 0 radical (unpaired) electrons. The van der Waals surface area contributed by atoms with Crippen LogP contribution in [0.15, 0.2) is 34.7 Å². The molecule has 0 amide bonds. The van der Waals surface area contributed by atoms with E-state index in [4.69, 9.17) is 4.42 Å². The van der Waals surface area contributed by atoms with E-state index in [2.05, 4.69) is 35.5 Å². The molecule has 1 N–H and O–H groups in total. The van der Waals surface area contributed by atoms with Gasteiger partial charge in [-0.2, -0.15) is 0 Å². The Morgan fingerprint density at radius 3 is 3.05 bits per heavy atom. The van der Waals surface area contributed by atoms with Crippen LogP contribution in [0.4, 0.5) is 0 Å². The molecule has 0 aliphatic carbocycles. The summed E-state index contributed by atoms with van der Waals surface area (Å²) in [5, 5.41) is 4.67. The fourth-order valence-corrected chi connectivity index (χ4v) is 2.93. The summed E-state index contributed by atoms with van der Waals surface area (Å²) in [7, 11) is 2.21. The maximum absolute atomic E-state index is 5.90. The predicted octanol–water partition coefficient (Wildman–Crippen LogP) is 3.01. The molecule has 2 aromatic rings. The van der Waals surface area contributed by atoms with Crippen molar-refractivity contribution >= 4 is 11.0 Å². The summed E-state index contributed by atoms with van der Waals surface area (Å²) in [4.78, 5) is 2.44. The molecule has 102 valence electrons. The predicted molar refractivity (Wildman–Crippen MR) is 78.2 cm³/mol. The number of nitrogens with one attached hydrogen (secondary N) is 1. The third kappa shape index (κ3) is 2.99. The van der Waals surface area contributed by atoms with Crippen LogP contribution in [-0.4, -0.2) is 31.1 Å². The number of hydrogen-bond donors (Lipinski definition) is 1. The van der Waals surface area contributed by atoms with Crippen LogP contribution in [0, 0.1) is 0 Å². The van der Waals surface area contributed by atoms with Gasteiger partial charge in [-0.05, 0) is 51.5 Å². The van der Waals surface area contributed by atoms with Gasteiger partial charge < -0.3 is 9.73 Å². The number of para-hydroxylation sites is 1. The molecule has 1 unspecified atom stereocenters. The molecule has 1 aliphatic heterocycles. The molecule has 3 rings (SSSR count). The van der Waals surface area contributed by atoms with E-state index >= 15 is 0 Å². The van der Waals surface area contributed by atoms with Gasteiger partial charge in [-0.1, -0.05) is 18.2 Å². The molecule has 1 aromatic heterocycles. The lowest BCUT2D eigenvalue weighted by atomic mass is 10.1. The summed E-state index contributed by atoms with van der Waals surface area (Å²) in [6.07, 6.45) is 3.79. The number of benzene rings is 1. The van der Waals surface area contributed by atoms with Crippen molar-refractivity contribution in [3.8, 4) is 0 Å². The van der Waals surface area contributed by atoms with Crippen LogP contribution in [0.1, 0.15) is 25.0 Å². The fraction of sp³-hybridized carbons (Fsp3) is 0.500. The minimum atomic E-state index is 0.670. The fourth-order valence-electron chi connectivity index (χ4n) is 2.93. The molecule has 1 saturated heterocycles. The summed E-state index contributed by atoms with van der Waals surface area (Å²) >= 11 is 0. The standard InChI is InChI=1S/C16H22N2O/c1-18(14-6-4-9-17-10-8-14)12-15-11-13-5-2-3-7-16(13)19-15/h2-3,5,7,11,14,17H,4,6,8-10,12H2,1H3. The lowest BCUT2D eigenvalue weighted by Gasteiger charge is -2.25. The SMILES string of the molecule is CN(Cc1cc2ccccc2o1)C1CCCNCC1. The number of furan rings is 1. The lowest BCUT2D eigenvalue weighted by molar-refractivity contribution is 0.203. The third-order valence-electron chi connectivity index (χ3n) is 4.05. The van der Waals surface area contributed by atoms with Crippen molar-refractivity contribution in [2.45, 2.75) is 31.8 Å². The number of fused-ring (bicyclic) bond motifs is 1. The Kier molecular flexibility index (Phi) is 3.85. The second kappa shape index (κ2) is 5.76. The smallest absolute Gasteiger partial charge is 0.134 e. The second-order valence-electron chi connectivity index (χ2n) is 5.50. The normalized spacial score (nSPS) is 20.8. The van der Waals surface area contributed by atoms with Crippen LogP contribution in [0.3, 0.4) is 0 Å². The third-order valence-corrected chi connectivity index (χ3v) is 4.05. The molecule has 0 saturated carbocycles. The van der Waals surface area contributed by atoms with Crippen LogP contribution in [-0.2, 0) is 6.54 Å². The molecule has 1 fully saturated rings. The first-order valence-electron chi connectivity index (χ1n) is 7.21. The van der Waals surface area contributed by atoms with E-state index in [-0.39, 0.29) is 0 Å². The van der Waals surface area contributed by atoms with Gasteiger partial charge in [0.1, 0.15) is 11.3 Å². The molecular formula is C16H22N2O.